The van der Waals surface area contributed by atoms with Gasteiger partial charge in [-0.3, -0.25) is 14.3 Å². The SMILES string of the molecule is N#CC1(c2ccccn2)CCN(c2cc3c(=O)n([C@H]4CCCC[C@@H]4O)cnc3c3ccccc23)CC1. The Morgan fingerprint density at radius 3 is 2.44 bits per heavy atom. The number of aliphatic hydroxyl groups is 1. The van der Waals surface area contributed by atoms with Gasteiger partial charge in [-0.2, -0.15) is 5.26 Å². The number of fused-ring (bicyclic) bond motifs is 3. The van der Waals surface area contributed by atoms with Gasteiger partial charge < -0.3 is 10.0 Å². The number of anilines is 1. The van der Waals surface area contributed by atoms with Gasteiger partial charge in [-0.1, -0.05) is 43.2 Å². The highest BCUT2D eigenvalue weighted by Crippen LogP contribution is 2.39. The molecule has 1 N–H and O–H groups in total. The number of aromatic nitrogens is 3. The lowest BCUT2D eigenvalue weighted by Gasteiger charge is -2.38. The summed E-state index contributed by atoms with van der Waals surface area (Å²) in [5, 5.41) is 23.3. The Bertz CT molecular complexity index is 1520. The number of nitriles is 1. The lowest BCUT2D eigenvalue weighted by atomic mass is 9.76. The Kier molecular flexibility index (Phi) is 5.69. The van der Waals surface area contributed by atoms with E-state index in [1.807, 2.05) is 42.5 Å². The normalized spacial score (nSPS) is 21.9. The van der Waals surface area contributed by atoms with Crippen LogP contribution >= 0.6 is 0 Å². The summed E-state index contributed by atoms with van der Waals surface area (Å²) in [5.41, 5.74) is 1.81. The van der Waals surface area contributed by atoms with Crippen LogP contribution in [0.5, 0.6) is 0 Å². The Morgan fingerprint density at radius 1 is 0.972 bits per heavy atom. The van der Waals surface area contributed by atoms with E-state index >= 15 is 0 Å². The molecule has 0 spiro atoms. The molecule has 0 unspecified atom stereocenters. The van der Waals surface area contributed by atoms with E-state index in [4.69, 9.17) is 4.98 Å². The Morgan fingerprint density at radius 2 is 1.72 bits per heavy atom. The molecular formula is C29H29N5O2. The molecule has 6 rings (SSSR count). The molecule has 0 amide bonds. The number of aliphatic hydroxyl groups excluding tert-OH is 1. The summed E-state index contributed by atoms with van der Waals surface area (Å²) in [7, 11) is 0. The van der Waals surface area contributed by atoms with Crippen LogP contribution in [0.2, 0.25) is 0 Å². The van der Waals surface area contributed by atoms with E-state index in [-0.39, 0.29) is 11.6 Å². The molecule has 7 heteroatoms. The van der Waals surface area contributed by atoms with Gasteiger partial charge in [0, 0.05) is 35.7 Å². The molecule has 36 heavy (non-hydrogen) atoms. The van der Waals surface area contributed by atoms with Crippen molar-refractivity contribution in [3.8, 4) is 6.07 Å². The predicted molar refractivity (Wildman–Crippen MR) is 140 cm³/mol. The van der Waals surface area contributed by atoms with Crippen LogP contribution in [0.1, 0.15) is 50.3 Å². The Balaban J connectivity index is 1.43. The number of rotatable bonds is 3. The van der Waals surface area contributed by atoms with Crippen molar-refractivity contribution in [2.45, 2.75) is 56.1 Å². The van der Waals surface area contributed by atoms with Crippen molar-refractivity contribution in [2.24, 2.45) is 0 Å². The first kappa shape index (κ1) is 22.7. The van der Waals surface area contributed by atoms with E-state index in [1.54, 1.807) is 17.1 Å². The van der Waals surface area contributed by atoms with E-state index in [9.17, 15) is 15.2 Å². The fourth-order valence-electron chi connectivity index (χ4n) is 6.07. The van der Waals surface area contributed by atoms with E-state index in [2.05, 4.69) is 22.0 Å². The van der Waals surface area contributed by atoms with Crippen LogP contribution in [0, 0.1) is 11.3 Å². The summed E-state index contributed by atoms with van der Waals surface area (Å²) in [6.45, 7) is 1.38. The van der Waals surface area contributed by atoms with Crippen LogP contribution in [0.3, 0.4) is 0 Å². The van der Waals surface area contributed by atoms with Gasteiger partial charge in [0.25, 0.3) is 5.56 Å². The first-order valence-electron chi connectivity index (χ1n) is 12.8. The van der Waals surface area contributed by atoms with Gasteiger partial charge >= 0.3 is 0 Å². The molecule has 182 valence electrons. The average Bonchev–Trinajstić information content (AvgIpc) is 2.94. The molecule has 0 radical (unpaired) electrons. The van der Waals surface area contributed by atoms with Gasteiger partial charge in [-0.05, 0) is 43.9 Å². The minimum absolute atomic E-state index is 0.102. The fraction of sp³-hybridized carbons (Fsp3) is 0.379. The molecular weight excluding hydrogens is 450 g/mol. The topological polar surface area (TPSA) is 95.0 Å². The van der Waals surface area contributed by atoms with Gasteiger partial charge in [-0.15, -0.1) is 0 Å². The third-order valence-electron chi connectivity index (χ3n) is 8.15. The molecule has 3 heterocycles. The summed E-state index contributed by atoms with van der Waals surface area (Å²) >= 11 is 0. The van der Waals surface area contributed by atoms with Crippen molar-refractivity contribution in [1.29, 1.82) is 5.26 Å². The second kappa shape index (κ2) is 9.03. The van der Waals surface area contributed by atoms with Gasteiger partial charge in [0.05, 0.1) is 41.1 Å². The Hall–Kier alpha value is -3.76. The first-order valence-corrected chi connectivity index (χ1v) is 12.8. The standard InChI is InChI=1S/C29H29N5O2/c30-18-29(26-11-5-6-14-31-26)12-15-33(16-13-29)24-17-22-27(21-8-2-1-7-20(21)24)32-19-34(28(22)36)23-9-3-4-10-25(23)35/h1-2,5-8,11,14,17,19,23,25,35H,3-4,9-10,12-13,15-16H2/t23-,25-/m0/s1. The molecule has 2 atom stereocenters. The predicted octanol–water partition coefficient (Wildman–Crippen LogP) is 4.48. The monoisotopic (exact) mass is 479 g/mol. The van der Waals surface area contributed by atoms with Crippen LogP contribution in [0.4, 0.5) is 5.69 Å². The summed E-state index contributed by atoms with van der Waals surface area (Å²) in [4.78, 5) is 25.2. The number of benzene rings is 2. The molecule has 0 bridgehead atoms. The van der Waals surface area contributed by atoms with E-state index in [0.717, 1.165) is 41.4 Å². The maximum absolute atomic E-state index is 13.7. The molecule has 2 aromatic carbocycles. The van der Waals surface area contributed by atoms with Crippen LogP contribution in [-0.2, 0) is 5.41 Å². The summed E-state index contributed by atoms with van der Waals surface area (Å²) in [5.74, 6) is 0. The molecule has 7 nitrogen and oxygen atoms in total. The molecule has 2 aromatic heterocycles. The quantitative estimate of drug-likeness (QED) is 0.435. The van der Waals surface area contributed by atoms with Crippen molar-refractivity contribution in [2.75, 3.05) is 18.0 Å². The molecule has 1 aliphatic heterocycles. The summed E-state index contributed by atoms with van der Waals surface area (Å²) in [6.07, 6.45) is 7.65. The van der Waals surface area contributed by atoms with E-state index in [1.165, 1.54) is 0 Å². The fourth-order valence-corrected chi connectivity index (χ4v) is 6.07. The Labute approximate surface area is 209 Å². The lowest BCUT2D eigenvalue weighted by molar-refractivity contribution is 0.0735. The zero-order chi connectivity index (χ0) is 24.7. The largest absolute Gasteiger partial charge is 0.391 e. The maximum atomic E-state index is 13.7. The van der Waals surface area contributed by atoms with Gasteiger partial charge in [0.2, 0.25) is 0 Å². The summed E-state index contributed by atoms with van der Waals surface area (Å²) < 4.78 is 1.64. The van der Waals surface area contributed by atoms with Crippen LogP contribution in [0.25, 0.3) is 21.7 Å². The molecule has 2 aliphatic rings. The van der Waals surface area contributed by atoms with Gasteiger partial charge in [0.15, 0.2) is 0 Å². The maximum Gasteiger partial charge on any atom is 0.261 e. The lowest BCUT2D eigenvalue weighted by Crippen LogP contribution is -2.42. The van der Waals surface area contributed by atoms with E-state index < -0.39 is 11.5 Å². The average molecular weight is 480 g/mol. The first-order chi connectivity index (χ1) is 17.6. The third kappa shape index (κ3) is 3.64. The van der Waals surface area contributed by atoms with Crippen molar-refractivity contribution < 1.29 is 5.11 Å². The number of hydrogen-bond donors (Lipinski definition) is 1. The van der Waals surface area contributed by atoms with Crippen LogP contribution in [0.15, 0.2) is 65.8 Å². The summed E-state index contributed by atoms with van der Waals surface area (Å²) in [6, 6.07) is 18.1. The molecule has 2 fully saturated rings. The molecule has 1 aliphatic carbocycles. The van der Waals surface area contributed by atoms with Crippen molar-refractivity contribution in [3.63, 3.8) is 0 Å². The second-order valence-electron chi connectivity index (χ2n) is 10.1. The molecule has 1 saturated heterocycles. The van der Waals surface area contributed by atoms with E-state index in [0.29, 0.717) is 43.3 Å². The number of piperidine rings is 1. The molecule has 1 saturated carbocycles. The van der Waals surface area contributed by atoms with Gasteiger partial charge in [-0.25, -0.2) is 4.98 Å². The third-order valence-corrected chi connectivity index (χ3v) is 8.15. The van der Waals surface area contributed by atoms with Gasteiger partial charge in [0.1, 0.15) is 5.41 Å². The number of hydrogen-bond acceptors (Lipinski definition) is 6. The highest BCUT2D eigenvalue weighted by molar-refractivity contribution is 6.11. The highest BCUT2D eigenvalue weighted by Gasteiger charge is 2.38. The minimum Gasteiger partial charge on any atom is -0.391 e. The zero-order valence-corrected chi connectivity index (χ0v) is 20.2. The van der Waals surface area contributed by atoms with Crippen LogP contribution < -0.4 is 10.5 Å². The smallest absolute Gasteiger partial charge is 0.261 e. The van der Waals surface area contributed by atoms with Crippen LogP contribution in [-0.4, -0.2) is 38.8 Å². The van der Waals surface area contributed by atoms with Crippen molar-refractivity contribution in [1.82, 2.24) is 14.5 Å². The van der Waals surface area contributed by atoms with Crippen molar-refractivity contribution in [3.05, 3.63) is 77.1 Å². The number of nitrogens with zero attached hydrogens (tertiary/aromatic N) is 5. The highest BCUT2D eigenvalue weighted by atomic mass is 16.3. The van der Waals surface area contributed by atoms with Crippen molar-refractivity contribution >= 4 is 27.4 Å². The second-order valence-corrected chi connectivity index (χ2v) is 10.1. The zero-order valence-electron chi connectivity index (χ0n) is 20.2. The molecule has 4 aromatic rings. The number of pyridine rings is 1. The minimum atomic E-state index is -0.601.